The first-order valence-electron chi connectivity index (χ1n) is 8.15. The number of anilines is 1. The summed E-state index contributed by atoms with van der Waals surface area (Å²) in [5.74, 6) is -0.731. The molecule has 6 N–H and O–H groups in total. The van der Waals surface area contributed by atoms with Gasteiger partial charge in [0, 0.05) is 12.2 Å². The van der Waals surface area contributed by atoms with Crippen molar-refractivity contribution >= 4 is 23.6 Å². The second-order valence-electron chi connectivity index (χ2n) is 5.99. The van der Waals surface area contributed by atoms with Crippen molar-refractivity contribution in [3.8, 4) is 0 Å². The molecule has 0 heterocycles. The first kappa shape index (κ1) is 20.4. The second-order valence-corrected chi connectivity index (χ2v) is 5.99. The standard InChI is InChI=1S/C17H26N4O4/c1-11(2)16(23)25-10-12-5-7-13(8-6-12)21-15(22)14(18)4-3-9-20-17(19)24/h5-8,11,14H,3-4,9-10,18H2,1-2H3,(H,21,22)(H3,19,20,24)/t14-/m0/s1. The minimum absolute atomic E-state index is 0.168. The molecule has 1 aromatic carbocycles. The summed E-state index contributed by atoms with van der Waals surface area (Å²) in [7, 11) is 0. The van der Waals surface area contributed by atoms with E-state index < -0.39 is 12.1 Å². The van der Waals surface area contributed by atoms with E-state index in [1.807, 2.05) is 0 Å². The van der Waals surface area contributed by atoms with Crippen LogP contribution in [0.25, 0.3) is 0 Å². The van der Waals surface area contributed by atoms with Gasteiger partial charge in [0.1, 0.15) is 6.61 Å². The number of rotatable bonds is 9. The van der Waals surface area contributed by atoms with Crippen molar-refractivity contribution in [2.75, 3.05) is 11.9 Å². The van der Waals surface area contributed by atoms with Crippen LogP contribution in [0.15, 0.2) is 24.3 Å². The molecule has 0 aliphatic rings. The maximum Gasteiger partial charge on any atom is 0.312 e. The summed E-state index contributed by atoms with van der Waals surface area (Å²) in [6.07, 6.45) is 0.979. The molecule has 25 heavy (non-hydrogen) atoms. The number of ether oxygens (including phenoxy) is 1. The summed E-state index contributed by atoms with van der Waals surface area (Å²) in [4.78, 5) is 34.0. The van der Waals surface area contributed by atoms with E-state index in [1.54, 1.807) is 38.1 Å². The molecule has 0 bridgehead atoms. The van der Waals surface area contributed by atoms with E-state index in [0.717, 1.165) is 5.56 Å². The number of hydrogen-bond donors (Lipinski definition) is 4. The first-order chi connectivity index (χ1) is 11.8. The number of carbonyl (C=O) groups excluding carboxylic acids is 3. The second kappa shape index (κ2) is 10.3. The highest BCUT2D eigenvalue weighted by atomic mass is 16.5. The Bertz CT molecular complexity index is 587. The molecule has 0 aromatic heterocycles. The van der Waals surface area contributed by atoms with Crippen molar-refractivity contribution in [2.24, 2.45) is 17.4 Å². The van der Waals surface area contributed by atoms with Gasteiger partial charge in [-0.3, -0.25) is 9.59 Å². The van der Waals surface area contributed by atoms with Crippen LogP contribution in [0.5, 0.6) is 0 Å². The van der Waals surface area contributed by atoms with Crippen LogP contribution in [0.4, 0.5) is 10.5 Å². The predicted molar refractivity (Wildman–Crippen MR) is 94.5 cm³/mol. The van der Waals surface area contributed by atoms with Gasteiger partial charge in [0.2, 0.25) is 5.91 Å². The number of nitrogens with one attached hydrogen (secondary N) is 2. The maximum absolute atomic E-state index is 12.0. The molecule has 0 saturated heterocycles. The molecular formula is C17H26N4O4. The van der Waals surface area contributed by atoms with E-state index in [9.17, 15) is 14.4 Å². The van der Waals surface area contributed by atoms with Gasteiger partial charge in [-0.25, -0.2) is 4.79 Å². The quantitative estimate of drug-likeness (QED) is 0.390. The van der Waals surface area contributed by atoms with Gasteiger partial charge in [-0.15, -0.1) is 0 Å². The molecule has 0 unspecified atom stereocenters. The van der Waals surface area contributed by atoms with Gasteiger partial charge >= 0.3 is 12.0 Å². The van der Waals surface area contributed by atoms with E-state index in [-0.39, 0.29) is 24.4 Å². The number of benzene rings is 1. The third-order valence-electron chi connectivity index (χ3n) is 3.40. The minimum atomic E-state index is -0.679. The fraction of sp³-hybridized carbons (Fsp3) is 0.471. The Morgan fingerprint density at radius 1 is 1.16 bits per heavy atom. The molecule has 0 fully saturated rings. The van der Waals surface area contributed by atoms with Crippen LogP contribution in [0, 0.1) is 5.92 Å². The molecule has 0 saturated carbocycles. The maximum atomic E-state index is 12.0. The van der Waals surface area contributed by atoms with E-state index in [4.69, 9.17) is 16.2 Å². The van der Waals surface area contributed by atoms with Gasteiger partial charge in [-0.2, -0.15) is 0 Å². The average Bonchev–Trinajstić information content (AvgIpc) is 2.57. The molecule has 0 spiro atoms. The molecular weight excluding hydrogens is 324 g/mol. The van der Waals surface area contributed by atoms with Crippen LogP contribution in [0.1, 0.15) is 32.3 Å². The molecule has 1 rings (SSSR count). The minimum Gasteiger partial charge on any atom is -0.461 e. The first-order valence-corrected chi connectivity index (χ1v) is 8.15. The Hall–Kier alpha value is -2.61. The summed E-state index contributed by atoms with van der Waals surface area (Å²) in [6.45, 7) is 4.11. The number of esters is 1. The Labute approximate surface area is 147 Å². The van der Waals surface area contributed by atoms with Crippen LogP contribution in [0.3, 0.4) is 0 Å². The molecule has 0 radical (unpaired) electrons. The third kappa shape index (κ3) is 8.16. The highest BCUT2D eigenvalue weighted by Crippen LogP contribution is 2.12. The van der Waals surface area contributed by atoms with Gasteiger partial charge in [-0.1, -0.05) is 26.0 Å². The van der Waals surface area contributed by atoms with E-state index in [1.165, 1.54) is 0 Å². The SMILES string of the molecule is CC(C)C(=O)OCc1ccc(NC(=O)[C@@H](N)CCCNC(N)=O)cc1. The zero-order valence-corrected chi connectivity index (χ0v) is 14.6. The van der Waals surface area contributed by atoms with Crippen LogP contribution < -0.4 is 22.1 Å². The smallest absolute Gasteiger partial charge is 0.312 e. The van der Waals surface area contributed by atoms with Crippen molar-refractivity contribution < 1.29 is 19.1 Å². The highest BCUT2D eigenvalue weighted by Gasteiger charge is 2.13. The Balaban J connectivity index is 2.39. The molecule has 0 aliphatic carbocycles. The van der Waals surface area contributed by atoms with Crippen LogP contribution in [0.2, 0.25) is 0 Å². The summed E-state index contributed by atoms with van der Waals surface area (Å²) >= 11 is 0. The number of nitrogens with two attached hydrogens (primary N) is 2. The fourth-order valence-electron chi connectivity index (χ4n) is 1.91. The Kier molecular flexibility index (Phi) is 8.42. The lowest BCUT2D eigenvalue weighted by atomic mass is 10.1. The van der Waals surface area contributed by atoms with Gasteiger partial charge < -0.3 is 26.8 Å². The monoisotopic (exact) mass is 350 g/mol. The summed E-state index contributed by atoms with van der Waals surface area (Å²) < 4.78 is 5.14. The van der Waals surface area contributed by atoms with Crippen LogP contribution >= 0.6 is 0 Å². The third-order valence-corrected chi connectivity index (χ3v) is 3.40. The Morgan fingerprint density at radius 2 is 1.80 bits per heavy atom. The number of amides is 3. The van der Waals surface area contributed by atoms with Gasteiger partial charge in [-0.05, 0) is 30.5 Å². The van der Waals surface area contributed by atoms with Crippen molar-refractivity contribution in [2.45, 2.75) is 39.3 Å². The summed E-state index contributed by atoms with van der Waals surface area (Å²) in [6, 6.07) is 5.70. The molecule has 8 nitrogen and oxygen atoms in total. The van der Waals surface area contributed by atoms with Gasteiger partial charge in [0.25, 0.3) is 0 Å². The largest absolute Gasteiger partial charge is 0.461 e. The van der Waals surface area contributed by atoms with Crippen molar-refractivity contribution in [1.29, 1.82) is 0 Å². The van der Waals surface area contributed by atoms with Crippen molar-refractivity contribution in [3.05, 3.63) is 29.8 Å². The lowest BCUT2D eigenvalue weighted by Crippen LogP contribution is -2.37. The lowest BCUT2D eigenvalue weighted by Gasteiger charge is -2.13. The normalized spacial score (nSPS) is 11.7. The predicted octanol–water partition coefficient (Wildman–Crippen LogP) is 1.10. The fourth-order valence-corrected chi connectivity index (χ4v) is 1.91. The van der Waals surface area contributed by atoms with Gasteiger partial charge in [0.15, 0.2) is 0 Å². The number of carbonyl (C=O) groups is 3. The number of urea groups is 1. The van der Waals surface area contributed by atoms with Crippen LogP contribution in [-0.4, -0.2) is 30.5 Å². The van der Waals surface area contributed by atoms with E-state index in [2.05, 4.69) is 10.6 Å². The molecule has 3 amide bonds. The van der Waals surface area contributed by atoms with Crippen LogP contribution in [-0.2, 0) is 20.9 Å². The average molecular weight is 350 g/mol. The van der Waals surface area contributed by atoms with E-state index in [0.29, 0.717) is 25.1 Å². The number of primary amides is 1. The molecule has 1 aromatic rings. The summed E-state index contributed by atoms with van der Waals surface area (Å²) in [5, 5.41) is 5.16. The van der Waals surface area contributed by atoms with E-state index >= 15 is 0 Å². The molecule has 1 atom stereocenters. The zero-order valence-electron chi connectivity index (χ0n) is 14.6. The lowest BCUT2D eigenvalue weighted by molar-refractivity contribution is -0.148. The van der Waals surface area contributed by atoms with Gasteiger partial charge in [0.05, 0.1) is 12.0 Å². The topological polar surface area (TPSA) is 137 Å². The number of hydrogen-bond acceptors (Lipinski definition) is 5. The zero-order chi connectivity index (χ0) is 18.8. The summed E-state index contributed by atoms with van der Waals surface area (Å²) in [5.41, 5.74) is 12.2. The molecule has 138 valence electrons. The molecule has 8 heteroatoms. The Morgan fingerprint density at radius 3 is 2.36 bits per heavy atom. The van der Waals surface area contributed by atoms with Crippen molar-refractivity contribution in [1.82, 2.24) is 5.32 Å². The highest BCUT2D eigenvalue weighted by molar-refractivity contribution is 5.94. The molecule has 0 aliphatic heterocycles. The van der Waals surface area contributed by atoms with Crippen molar-refractivity contribution in [3.63, 3.8) is 0 Å².